The number of amides is 2. The Hall–Kier alpha value is -2.53. The van der Waals surface area contributed by atoms with Crippen molar-refractivity contribution >= 4 is 11.7 Å². The molecule has 0 fully saturated rings. The Morgan fingerprint density at radius 2 is 1.93 bits per heavy atom. The second kappa shape index (κ2) is 7.47. The highest BCUT2D eigenvalue weighted by atomic mass is 16.5. The number of rotatable bonds is 4. The molecule has 5 nitrogen and oxygen atoms in total. The molecule has 0 saturated heterocycles. The number of hydrogen-bond acceptors (Lipinski definition) is 3. The van der Waals surface area contributed by atoms with Gasteiger partial charge in [-0.3, -0.25) is 0 Å². The lowest BCUT2D eigenvalue weighted by molar-refractivity contribution is 0.0247. The summed E-state index contributed by atoms with van der Waals surface area (Å²) in [7, 11) is 0. The molecule has 1 aliphatic carbocycles. The molecule has 2 amide bonds. The van der Waals surface area contributed by atoms with Crippen molar-refractivity contribution in [2.45, 2.75) is 63.7 Å². The van der Waals surface area contributed by atoms with Gasteiger partial charge >= 0.3 is 6.03 Å². The quantitative estimate of drug-likeness (QED) is 0.738. The SMILES string of the molecule is CCC1(CC)C[C@@H](NC(=O)Nc2cccc3c2C[C@H](O)C3)c2ccccc2O1. The lowest BCUT2D eigenvalue weighted by atomic mass is 9.83. The van der Waals surface area contributed by atoms with E-state index in [0.29, 0.717) is 12.8 Å². The van der Waals surface area contributed by atoms with Crippen molar-refractivity contribution in [3.63, 3.8) is 0 Å². The third-order valence-electron chi connectivity index (χ3n) is 6.21. The molecule has 2 aromatic carbocycles. The van der Waals surface area contributed by atoms with E-state index in [9.17, 15) is 9.90 Å². The number of benzene rings is 2. The molecule has 28 heavy (non-hydrogen) atoms. The number of aliphatic hydroxyl groups excluding tert-OH is 1. The van der Waals surface area contributed by atoms with Gasteiger partial charge in [0, 0.05) is 24.1 Å². The molecule has 2 aromatic rings. The predicted octanol–water partition coefficient (Wildman–Crippen LogP) is 4.35. The number of urea groups is 1. The molecule has 5 heteroatoms. The van der Waals surface area contributed by atoms with Gasteiger partial charge in [0.15, 0.2) is 0 Å². The monoisotopic (exact) mass is 380 g/mol. The molecule has 1 heterocycles. The smallest absolute Gasteiger partial charge is 0.319 e. The first-order valence-electron chi connectivity index (χ1n) is 10.2. The van der Waals surface area contributed by atoms with E-state index in [4.69, 9.17) is 4.74 Å². The summed E-state index contributed by atoms with van der Waals surface area (Å²) < 4.78 is 6.32. The van der Waals surface area contributed by atoms with Crippen molar-refractivity contribution in [3.05, 3.63) is 59.2 Å². The number of anilines is 1. The van der Waals surface area contributed by atoms with Gasteiger partial charge in [0.05, 0.1) is 12.1 Å². The Kier molecular flexibility index (Phi) is 5.02. The van der Waals surface area contributed by atoms with Crippen molar-refractivity contribution < 1.29 is 14.6 Å². The molecule has 1 aliphatic heterocycles. The molecule has 0 bridgehead atoms. The molecule has 0 spiro atoms. The average molecular weight is 380 g/mol. The van der Waals surface area contributed by atoms with Gasteiger partial charge in [-0.15, -0.1) is 0 Å². The van der Waals surface area contributed by atoms with Crippen molar-refractivity contribution in [2.24, 2.45) is 0 Å². The molecule has 0 unspecified atom stereocenters. The van der Waals surface area contributed by atoms with Crippen LogP contribution in [0.25, 0.3) is 0 Å². The number of fused-ring (bicyclic) bond motifs is 2. The fourth-order valence-electron chi connectivity index (χ4n) is 4.49. The second-order valence-corrected chi connectivity index (χ2v) is 7.89. The highest BCUT2D eigenvalue weighted by Crippen LogP contribution is 2.42. The van der Waals surface area contributed by atoms with Crippen LogP contribution in [0.15, 0.2) is 42.5 Å². The molecule has 0 saturated carbocycles. The van der Waals surface area contributed by atoms with Crippen LogP contribution in [-0.2, 0) is 12.8 Å². The third kappa shape index (κ3) is 3.47. The largest absolute Gasteiger partial charge is 0.487 e. The van der Waals surface area contributed by atoms with Crippen LogP contribution < -0.4 is 15.4 Å². The van der Waals surface area contributed by atoms with Gasteiger partial charge in [-0.25, -0.2) is 4.79 Å². The summed E-state index contributed by atoms with van der Waals surface area (Å²) >= 11 is 0. The van der Waals surface area contributed by atoms with Crippen LogP contribution in [-0.4, -0.2) is 22.8 Å². The van der Waals surface area contributed by atoms with E-state index in [2.05, 4.69) is 24.5 Å². The van der Waals surface area contributed by atoms with Crippen LogP contribution in [0.1, 0.15) is 55.8 Å². The minimum absolute atomic E-state index is 0.104. The van der Waals surface area contributed by atoms with Crippen molar-refractivity contribution in [1.29, 1.82) is 0 Å². The average Bonchev–Trinajstić information content (AvgIpc) is 3.09. The van der Waals surface area contributed by atoms with Gasteiger partial charge in [-0.2, -0.15) is 0 Å². The number of aliphatic hydroxyl groups is 1. The van der Waals surface area contributed by atoms with Gasteiger partial charge in [0.2, 0.25) is 0 Å². The van der Waals surface area contributed by atoms with E-state index in [1.54, 1.807) is 0 Å². The number of ether oxygens (including phenoxy) is 1. The van der Waals surface area contributed by atoms with Gasteiger partial charge in [-0.05, 0) is 42.5 Å². The zero-order chi connectivity index (χ0) is 19.7. The van der Waals surface area contributed by atoms with Gasteiger partial charge in [0.1, 0.15) is 11.4 Å². The van der Waals surface area contributed by atoms with Crippen LogP contribution in [0.2, 0.25) is 0 Å². The first kappa shape index (κ1) is 18.8. The first-order chi connectivity index (χ1) is 13.5. The molecule has 0 radical (unpaired) electrons. The Labute approximate surface area is 166 Å². The Morgan fingerprint density at radius 1 is 1.14 bits per heavy atom. The molecule has 3 N–H and O–H groups in total. The zero-order valence-electron chi connectivity index (χ0n) is 16.5. The number of nitrogens with one attached hydrogen (secondary N) is 2. The molecule has 0 aromatic heterocycles. The van der Waals surface area contributed by atoms with Crippen LogP contribution in [0.5, 0.6) is 5.75 Å². The summed E-state index contributed by atoms with van der Waals surface area (Å²) in [6.45, 7) is 4.26. The zero-order valence-corrected chi connectivity index (χ0v) is 16.5. The molecular weight excluding hydrogens is 352 g/mol. The van der Waals surface area contributed by atoms with E-state index >= 15 is 0 Å². The van der Waals surface area contributed by atoms with Crippen molar-refractivity contribution in [2.75, 3.05) is 5.32 Å². The number of para-hydroxylation sites is 1. The Balaban J connectivity index is 1.54. The highest BCUT2D eigenvalue weighted by molar-refractivity contribution is 5.90. The second-order valence-electron chi connectivity index (χ2n) is 7.89. The van der Waals surface area contributed by atoms with Crippen LogP contribution >= 0.6 is 0 Å². The van der Waals surface area contributed by atoms with E-state index in [0.717, 1.165) is 47.4 Å². The minimum atomic E-state index is -0.363. The lowest BCUT2D eigenvalue weighted by Gasteiger charge is -2.41. The van der Waals surface area contributed by atoms with E-state index in [1.165, 1.54) is 0 Å². The van der Waals surface area contributed by atoms with Gasteiger partial charge < -0.3 is 20.5 Å². The number of hydrogen-bond donors (Lipinski definition) is 3. The first-order valence-corrected chi connectivity index (χ1v) is 10.2. The van der Waals surface area contributed by atoms with E-state index in [-0.39, 0.29) is 23.8 Å². The van der Waals surface area contributed by atoms with Crippen LogP contribution in [0.3, 0.4) is 0 Å². The molecule has 2 aliphatic rings. The third-order valence-corrected chi connectivity index (χ3v) is 6.21. The summed E-state index contributed by atoms with van der Waals surface area (Å²) in [5.41, 5.74) is 3.68. The van der Waals surface area contributed by atoms with Gasteiger partial charge in [-0.1, -0.05) is 44.2 Å². The normalized spacial score (nSPS) is 22.0. The van der Waals surface area contributed by atoms with Crippen molar-refractivity contribution in [1.82, 2.24) is 5.32 Å². The minimum Gasteiger partial charge on any atom is -0.487 e. The fraction of sp³-hybridized carbons (Fsp3) is 0.435. The number of carbonyl (C=O) groups is 1. The summed E-state index contributed by atoms with van der Waals surface area (Å²) in [5, 5.41) is 16.1. The standard InChI is InChI=1S/C23H28N2O3/c1-3-23(4-2)14-20(17-9-5-6-11-21(17)28-23)25-22(27)24-19-10-7-8-15-12-16(26)13-18(15)19/h5-11,16,20,26H,3-4,12-14H2,1-2H3,(H2,24,25,27)/t16-,20-/m1/s1. The number of carbonyl (C=O) groups excluding carboxylic acids is 1. The molecular formula is C23H28N2O3. The van der Waals surface area contributed by atoms with Crippen molar-refractivity contribution in [3.8, 4) is 5.75 Å². The van der Waals surface area contributed by atoms with E-state index in [1.807, 2.05) is 42.5 Å². The van der Waals surface area contributed by atoms with E-state index < -0.39 is 0 Å². The molecule has 2 atom stereocenters. The fourth-order valence-corrected chi connectivity index (χ4v) is 4.49. The maximum atomic E-state index is 12.8. The Bertz CT molecular complexity index is 876. The summed E-state index contributed by atoms with van der Waals surface area (Å²) in [6.07, 6.45) is 3.40. The maximum Gasteiger partial charge on any atom is 0.319 e. The predicted molar refractivity (Wildman–Crippen MR) is 110 cm³/mol. The highest BCUT2D eigenvalue weighted by Gasteiger charge is 2.39. The maximum absolute atomic E-state index is 12.8. The molecule has 4 rings (SSSR count). The topological polar surface area (TPSA) is 70.6 Å². The Morgan fingerprint density at radius 3 is 2.71 bits per heavy atom. The van der Waals surface area contributed by atoms with Gasteiger partial charge in [0.25, 0.3) is 0 Å². The van der Waals surface area contributed by atoms with Crippen LogP contribution in [0.4, 0.5) is 10.5 Å². The summed E-state index contributed by atoms with van der Waals surface area (Å²) in [6, 6.07) is 13.5. The lowest BCUT2D eigenvalue weighted by Crippen LogP contribution is -2.45. The molecule has 148 valence electrons. The van der Waals surface area contributed by atoms with Crippen LogP contribution in [0, 0.1) is 0 Å². The summed E-state index contributed by atoms with van der Waals surface area (Å²) in [5.74, 6) is 0.853. The summed E-state index contributed by atoms with van der Waals surface area (Å²) in [4.78, 5) is 12.8.